The fourth-order valence-corrected chi connectivity index (χ4v) is 4.96. The van der Waals surface area contributed by atoms with Crippen molar-refractivity contribution in [1.82, 2.24) is 0 Å². The van der Waals surface area contributed by atoms with Crippen molar-refractivity contribution in [1.29, 1.82) is 5.26 Å². The number of pyridine rings is 1. The summed E-state index contributed by atoms with van der Waals surface area (Å²) in [5.41, 5.74) is 8.88. The van der Waals surface area contributed by atoms with Crippen LogP contribution in [0.2, 0.25) is 0 Å². The largest absolute Gasteiger partial charge is 0.455 e. The minimum Gasteiger partial charge on any atom is -0.455 e. The van der Waals surface area contributed by atoms with Crippen molar-refractivity contribution >= 4 is 21.9 Å². The van der Waals surface area contributed by atoms with E-state index in [-0.39, 0.29) is 5.82 Å². The molecule has 0 N–H and O–H groups in total. The topological polar surface area (TPSA) is 40.8 Å². The van der Waals surface area contributed by atoms with Gasteiger partial charge in [0.05, 0.1) is 17.2 Å². The third-order valence-corrected chi connectivity index (χ3v) is 6.76. The lowest BCUT2D eigenvalue weighted by Crippen LogP contribution is -2.31. The molecule has 2 aromatic heterocycles. The Hall–Kier alpha value is -4.75. The third kappa shape index (κ3) is 3.54. The van der Waals surface area contributed by atoms with Crippen molar-refractivity contribution in [2.24, 2.45) is 7.05 Å². The zero-order valence-electron chi connectivity index (χ0n) is 19.9. The molecular formula is C32H22FN2O+. The van der Waals surface area contributed by atoms with Crippen molar-refractivity contribution in [2.75, 3.05) is 0 Å². The molecule has 0 saturated carbocycles. The van der Waals surface area contributed by atoms with E-state index in [1.165, 1.54) is 12.3 Å². The lowest BCUT2D eigenvalue weighted by molar-refractivity contribution is -0.661. The first-order valence-corrected chi connectivity index (χ1v) is 11.7. The maximum absolute atomic E-state index is 13.7. The van der Waals surface area contributed by atoms with Crippen molar-refractivity contribution in [3.63, 3.8) is 0 Å². The first kappa shape index (κ1) is 21.8. The Morgan fingerprint density at radius 3 is 2.25 bits per heavy atom. The van der Waals surface area contributed by atoms with E-state index in [1.54, 1.807) is 10.6 Å². The number of hydrogen-bond acceptors (Lipinski definition) is 2. The Morgan fingerprint density at radius 2 is 1.53 bits per heavy atom. The van der Waals surface area contributed by atoms with Gasteiger partial charge in [-0.15, -0.1) is 0 Å². The Balaban J connectivity index is 1.55. The maximum atomic E-state index is 13.7. The summed E-state index contributed by atoms with van der Waals surface area (Å²) in [5, 5.41) is 11.9. The normalized spacial score (nSPS) is 11.2. The second-order valence-corrected chi connectivity index (χ2v) is 9.03. The molecular weight excluding hydrogens is 447 g/mol. The highest BCUT2D eigenvalue weighted by Crippen LogP contribution is 2.40. The predicted octanol–water partition coefficient (Wildman–Crippen LogP) is 7.73. The fourth-order valence-electron chi connectivity index (χ4n) is 4.96. The highest BCUT2D eigenvalue weighted by molar-refractivity contribution is 6.11. The number of nitriles is 1. The standard InChI is InChI=1S/C32H22FN2O/c1-20-16-28-26-14-12-24(18-34)31(23-10-8-22(9-11-23)21-6-4-3-5-7-21)32(26)36-30(28)17-27(20)29-15-13-25(33)19-35(29)2/h3-17,19H,1-2H3/q+1. The predicted molar refractivity (Wildman–Crippen MR) is 141 cm³/mol. The van der Waals surface area contributed by atoms with Crippen LogP contribution in [0.25, 0.3) is 55.4 Å². The average molecular weight is 470 g/mol. The molecule has 4 heteroatoms. The Bertz CT molecular complexity index is 1810. The van der Waals surface area contributed by atoms with Crippen LogP contribution in [0, 0.1) is 24.1 Å². The molecule has 3 nitrogen and oxygen atoms in total. The fraction of sp³-hybridized carbons (Fsp3) is 0.0625. The lowest BCUT2D eigenvalue weighted by Gasteiger charge is -2.07. The van der Waals surface area contributed by atoms with E-state index in [0.717, 1.165) is 55.4 Å². The Labute approximate surface area is 208 Å². The Kier molecular flexibility index (Phi) is 5.13. The summed E-state index contributed by atoms with van der Waals surface area (Å²) in [4.78, 5) is 0. The van der Waals surface area contributed by atoms with Crippen LogP contribution in [-0.4, -0.2) is 0 Å². The number of halogens is 1. The average Bonchev–Trinajstić information content (AvgIpc) is 3.26. The molecule has 6 rings (SSSR count). The van der Waals surface area contributed by atoms with Gasteiger partial charge in [0.2, 0.25) is 11.9 Å². The third-order valence-electron chi connectivity index (χ3n) is 6.76. The van der Waals surface area contributed by atoms with Crippen LogP contribution in [0.4, 0.5) is 4.39 Å². The van der Waals surface area contributed by atoms with Gasteiger partial charge in [-0.25, -0.2) is 4.39 Å². The van der Waals surface area contributed by atoms with Crippen LogP contribution >= 0.6 is 0 Å². The lowest BCUT2D eigenvalue weighted by atomic mass is 9.95. The zero-order chi connectivity index (χ0) is 24.8. The van der Waals surface area contributed by atoms with Crippen LogP contribution in [0.15, 0.2) is 102 Å². The molecule has 6 aromatic rings. The monoisotopic (exact) mass is 469 g/mol. The summed E-state index contributed by atoms with van der Waals surface area (Å²) in [6, 6.07) is 32.0. The molecule has 0 aliphatic heterocycles. The van der Waals surface area contributed by atoms with Crippen molar-refractivity contribution in [3.05, 3.63) is 114 Å². The molecule has 172 valence electrons. The number of benzene rings is 4. The smallest absolute Gasteiger partial charge is 0.212 e. The summed E-state index contributed by atoms with van der Waals surface area (Å²) in [6.45, 7) is 2.05. The number of aryl methyl sites for hydroxylation is 2. The van der Waals surface area contributed by atoms with E-state index in [0.29, 0.717) is 11.1 Å². The van der Waals surface area contributed by atoms with E-state index in [9.17, 15) is 9.65 Å². The molecule has 0 aliphatic rings. The van der Waals surface area contributed by atoms with Crippen molar-refractivity contribution in [3.8, 4) is 39.6 Å². The van der Waals surface area contributed by atoms with E-state index in [4.69, 9.17) is 4.42 Å². The molecule has 4 aromatic carbocycles. The van der Waals surface area contributed by atoms with Gasteiger partial charge < -0.3 is 4.42 Å². The van der Waals surface area contributed by atoms with Gasteiger partial charge in [-0.05, 0) is 59.5 Å². The molecule has 0 aliphatic carbocycles. The highest BCUT2D eigenvalue weighted by Gasteiger charge is 2.20. The molecule has 0 radical (unpaired) electrons. The second-order valence-electron chi connectivity index (χ2n) is 9.03. The minimum atomic E-state index is -0.282. The van der Waals surface area contributed by atoms with Crippen molar-refractivity contribution in [2.45, 2.75) is 6.92 Å². The molecule has 0 saturated heterocycles. The Morgan fingerprint density at radius 1 is 0.806 bits per heavy atom. The van der Waals surface area contributed by atoms with Crippen LogP contribution < -0.4 is 4.57 Å². The highest BCUT2D eigenvalue weighted by atomic mass is 19.1. The summed E-state index contributed by atoms with van der Waals surface area (Å²) >= 11 is 0. The second kappa shape index (κ2) is 8.48. The number of rotatable bonds is 3. The number of hydrogen-bond donors (Lipinski definition) is 0. The van der Waals surface area contributed by atoms with E-state index < -0.39 is 0 Å². The first-order chi connectivity index (χ1) is 17.5. The summed E-state index contributed by atoms with van der Waals surface area (Å²) in [5.74, 6) is -0.282. The number of furan rings is 1. The molecule has 2 heterocycles. The summed E-state index contributed by atoms with van der Waals surface area (Å²) < 4.78 is 21.9. The van der Waals surface area contributed by atoms with Crippen LogP contribution in [0.5, 0.6) is 0 Å². The zero-order valence-corrected chi connectivity index (χ0v) is 19.9. The summed E-state index contributed by atoms with van der Waals surface area (Å²) in [7, 11) is 1.83. The van der Waals surface area contributed by atoms with Gasteiger partial charge in [0, 0.05) is 22.4 Å². The van der Waals surface area contributed by atoms with Crippen LogP contribution in [0.3, 0.4) is 0 Å². The van der Waals surface area contributed by atoms with E-state index >= 15 is 0 Å². The minimum absolute atomic E-state index is 0.282. The van der Waals surface area contributed by atoms with Crippen molar-refractivity contribution < 1.29 is 13.4 Å². The quantitative estimate of drug-likeness (QED) is 0.249. The maximum Gasteiger partial charge on any atom is 0.212 e. The number of aromatic nitrogens is 1. The van der Waals surface area contributed by atoms with Gasteiger partial charge in [-0.1, -0.05) is 54.6 Å². The van der Waals surface area contributed by atoms with Crippen LogP contribution in [-0.2, 0) is 7.05 Å². The molecule has 36 heavy (non-hydrogen) atoms. The van der Waals surface area contributed by atoms with Gasteiger partial charge in [0.1, 0.15) is 18.2 Å². The van der Waals surface area contributed by atoms with E-state index in [1.807, 2.05) is 62.5 Å². The SMILES string of the molecule is Cc1cc2c(cc1-c1ccc(F)c[n+]1C)oc1c(-c3ccc(-c4ccccc4)cc3)c(C#N)ccc12. The van der Waals surface area contributed by atoms with Gasteiger partial charge in [0.25, 0.3) is 0 Å². The van der Waals surface area contributed by atoms with E-state index in [2.05, 4.69) is 36.4 Å². The number of fused-ring (bicyclic) bond motifs is 3. The van der Waals surface area contributed by atoms with Gasteiger partial charge >= 0.3 is 0 Å². The number of nitrogens with zero attached hydrogens (tertiary/aromatic N) is 2. The molecule has 0 fully saturated rings. The van der Waals surface area contributed by atoms with Gasteiger partial charge in [0.15, 0.2) is 5.82 Å². The van der Waals surface area contributed by atoms with Gasteiger partial charge in [-0.3, -0.25) is 0 Å². The summed E-state index contributed by atoms with van der Waals surface area (Å²) in [6.07, 6.45) is 1.47. The molecule has 0 spiro atoms. The first-order valence-electron chi connectivity index (χ1n) is 11.7. The molecule has 0 unspecified atom stereocenters. The molecule has 0 bridgehead atoms. The molecule has 0 atom stereocenters. The van der Waals surface area contributed by atoms with Gasteiger partial charge in [-0.2, -0.15) is 9.83 Å². The van der Waals surface area contributed by atoms with Crippen LogP contribution in [0.1, 0.15) is 11.1 Å². The molecule has 0 amide bonds.